The van der Waals surface area contributed by atoms with Gasteiger partial charge in [0.15, 0.2) is 0 Å². The van der Waals surface area contributed by atoms with Crippen molar-refractivity contribution < 1.29 is 550 Å². The molecule has 0 amide bonds. The Bertz CT molecular complexity index is 1280. The van der Waals surface area contributed by atoms with Crippen LogP contribution < -0.4 is 355 Å². The predicted octanol–water partition coefficient (Wildman–Crippen LogP) is -42.6. The van der Waals surface area contributed by atoms with Crippen LogP contribution in [0.4, 0.5) is 28.8 Å². The summed E-state index contributed by atoms with van der Waals surface area (Å²) in [6.07, 6.45) is -11.0. The molecule has 60 heteroatoms. The van der Waals surface area contributed by atoms with Gasteiger partial charge in [-0.2, -0.15) is 0 Å². The first-order chi connectivity index (χ1) is 22.4. The van der Waals surface area contributed by atoms with Crippen LogP contribution in [0.1, 0.15) is 0 Å². The van der Waals surface area contributed by atoms with Gasteiger partial charge in [0.1, 0.15) is 0 Å². The topological polar surface area (TPSA) is 827 Å². The Morgan fingerprint density at radius 3 is 0.182 bits per heavy atom. The van der Waals surface area contributed by atoms with Crippen molar-refractivity contribution in [3.63, 3.8) is 0 Å². The zero-order valence-electron chi connectivity index (χ0n) is 35.1. The minimum absolute atomic E-state index is 0. The van der Waals surface area contributed by atoms with Crippen molar-refractivity contribution in [3.8, 4) is 0 Å². The average Bonchev–Trinajstić information content (AvgIpc) is 2.55. The normalized spacial score (nSPS) is 7.45. The fourth-order valence-electron chi connectivity index (χ4n) is 0. The molecule has 0 aromatic rings. The van der Waals surface area contributed by atoms with E-state index in [1.165, 1.54) is 0 Å². The Balaban J connectivity index is -0.0000000131. The van der Waals surface area contributed by atoms with Crippen molar-refractivity contribution >= 4 is 99.3 Å². The first kappa shape index (κ1) is 158. The minimum atomic E-state index is -5.17. The number of hydrogen-bond acceptors (Lipinski definition) is 30. The van der Waals surface area contributed by atoms with E-state index < -0.39 is 99.3 Å². The third-order valence-electron chi connectivity index (χ3n) is 0. The van der Waals surface area contributed by atoms with Crippen molar-refractivity contribution in [2.75, 3.05) is 0 Å². The Kier molecular flexibility index (Phi) is 233. The fourth-order valence-corrected chi connectivity index (χ4v) is 0. The standard InChI is InChI=1S/6CH2O3.12Na.6H2O4S/c6*2-1(3)4;;;;;;;;;;;;;6*1-5(2,3)4/h6*(H2,2,3,4);;;;;;;;;;;;;6*(H2,1,2,3,4)/q;;;;;;12*+1;;;;;;/p-12. The first-order valence-electron chi connectivity index (χ1n) is 7.91. The molecule has 0 saturated heterocycles. The molecule has 66 heavy (non-hydrogen) atoms. The van der Waals surface area contributed by atoms with E-state index in [-0.39, 0.29) is 355 Å². The molecule has 42 nitrogen and oxygen atoms in total. The molecular formula is C6H12Na12O42S6. The molecule has 0 saturated carbocycles. The third-order valence-corrected chi connectivity index (χ3v) is 0. The van der Waals surface area contributed by atoms with E-state index in [0.717, 1.165) is 0 Å². The van der Waals surface area contributed by atoms with E-state index in [4.69, 9.17) is 195 Å². The molecule has 0 fully saturated rings. The van der Waals surface area contributed by atoms with E-state index >= 15 is 0 Å². The van der Waals surface area contributed by atoms with Gasteiger partial charge in [-0.1, -0.05) is 0 Å². The second-order valence-electron chi connectivity index (χ2n) is 4.14. The van der Waals surface area contributed by atoms with Crippen LogP contribution in [0.3, 0.4) is 0 Å². The maximum absolute atomic E-state index is 8.56. The summed E-state index contributed by atoms with van der Waals surface area (Å²) < 4.78 is 205. The molecule has 0 unspecified atom stereocenters. The van der Waals surface area contributed by atoms with E-state index in [1.807, 2.05) is 0 Å². The summed E-state index contributed by atoms with van der Waals surface area (Å²) in [5.74, 6) is 0. The number of hydrogen-bond donors (Lipinski definition) is 12. The second kappa shape index (κ2) is 97.4. The van der Waals surface area contributed by atoms with E-state index in [9.17, 15) is 0 Å². The Labute approximate surface area is 635 Å². The maximum atomic E-state index is 8.56. The molecule has 0 aliphatic carbocycles. The Hall–Kier alpha value is 6.84. The molecule has 0 bridgehead atoms. The molecule has 0 atom stereocenters. The van der Waals surface area contributed by atoms with Crippen molar-refractivity contribution in [2.24, 2.45) is 0 Å². The summed E-state index contributed by atoms with van der Waals surface area (Å²) in [7, 11) is -31.0. The summed E-state index contributed by atoms with van der Waals surface area (Å²) in [6, 6.07) is 0. The average molecular weight is 1220 g/mol. The van der Waals surface area contributed by atoms with Crippen molar-refractivity contribution in [2.45, 2.75) is 0 Å². The van der Waals surface area contributed by atoms with Gasteiger partial charge >= 0.3 is 392 Å². The van der Waals surface area contributed by atoms with Gasteiger partial charge in [0.05, 0.1) is 0 Å². The number of carbonyl (C=O) groups is 6. The van der Waals surface area contributed by atoms with Gasteiger partial charge in [-0.25, -0.2) is 28.8 Å². The SMILES string of the molecule is O=C(O)O.O=C(O)O.O=C(O)O.O=C(O)O.O=C(O)O.O=C(O)O.O=S(=O)([O-])[O-].O=S(=O)([O-])[O-].O=S(=O)([O-])[O-].O=S(=O)([O-])[O-].O=S(=O)([O-])[O-].O=S(=O)([O-])[O-].[Na+].[Na+].[Na+].[Na+].[Na+].[Na+].[Na+].[Na+].[Na+].[Na+].[Na+].[Na+]. The molecule has 0 spiro atoms. The summed E-state index contributed by atoms with van der Waals surface area (Å²) in [4.78, 5) is 51.3. The van der Waals surface area contributed by atoms with Crippen LogP contribution in [0.25, 0.3) is 0 Å². The molecule has 336 valence electrons. The quantitative estimate of drug-likeness (QED) is 0.0609. The molecule has 0 heterocycles. The summed E-state index contributed by atoms with van der Waals surface area (Å²) in [5, 5.41) is 83.7. The molecule has 0 aromatic heterocycles. The molecule has 0 radical (unpaired) electrons. The van der Waals surface area contributed by atoms with Crippen LogP contribution in [0.15, 0.2) is 0 Å². The smallest absolute Gasteiger partial charge is 0.759 e. The van der Waals surface area contributed by atoms with Gasteiger partial charge in [0, 0.05) is 62.4 Å². The van der Waals surface area contributed by atoms with Gasteiger partial charge in [0.25, 0.3) is 0 Å². The van der Waals surface area contributed by atoms with Crippen LogP contribution in [-0.4, -0.2) is 203 Å². The van der Waals surface area contributed by atoms with Crippen LogP contribution >= 0.6 is 0 Å². The van der Waals surface area contributed by atoms with Crippen molar-refractivity contribution in [3.05, 3.63) is 0 Å². The van der Waals surface area contributed by atoms with Crippen molar-refractivity contribution in [1.29, 1.82) is 0 Å². The molecule has 0 rings (SSSR count). The predicted molar refractivity (Wildman–Crippen MR) is 127 cm³/mol. The molecule has 0 aliphatic heterocycles. The monoisotopic (exact) mass is 1220 g/mol. The molecular weight excluding hydrogens is 1210 g/mol. The van der Waals surface area contributed by atoms with Gasteiger partial charge < -0.3 is 116 Å². The second-order valence-corrected chi connectivity index (χ2v) is 9.04. The zero-order valence-corrected chi connectivity index (χ0v) is 64.0. The Morgan fingerprint density at radius 2 is 0.182 bits per heavy atom. The van der Waals surface area contributed by atoms with Gasteiger partial charge in [-0.3, -0.25) is 50.5 Å². The van der Waals surface area contributed by atoms with E-state index in [1.54, 1.807) is 0 Å². The van der Waals surface area contributed by atoms with Crippen LogP contribution in [-0.2, 0) is 62.4 Å². The maximum Gasteiger partial charge on any atom is 1.00 e. The minimum Gasteiger partial charge on any atom is -0.759 e. The summed E-state index contributed by atoms with van der Waals surface area (Å²) >= 11 is 0. The van der Waals surface area contributed by atoms with Crippen LogP contribution in [0.2, 0.25) is 0 Å². The van der Waals surface area contributed by atoms with E-state index in [2.05, 4.69) is 0 Å². The van der Waals surface area contributed by atoms with Crippen LogP contribution in [0, 0.1) is 0 Å². The summed E-state index contributed by atoms with van der Waals surface area (Å²) in [6.45, 7) is 0. The number of carboxylic acid groups (broad SMARTS) is 12. The molecule has 0 aliphatic rings. The Morgan fingerprint density at radius 1 is 0.182 bits per heavy atom. The van der Waals surface area contributed by atoms with E-state index in [0.29, 0.717) is 0 Å². The zero-order chi connectivity index (χ0) is 48.5. The van der Waals surface area contributed by atoms with Crippen molar-refractivity contribution in [1.82, 2.24) is 0 Å². The van der Waals surface area contributed by atoms with Gasteiger partial charge in [0.2, 0.25) is 0 Å². The summed E-state index contributed by atoms with van der Waals surface area (Å²) in [5.41, 5.74) is 0. The molecule has 0 aromatic carbocycles. The number of rotatable bonds is 0. The van der Waals surface area contributed by atoms with Crippen LogP contribution in [0.5, 0.6) is 0 Å². The largest absolute Gasteiger partial charge is 1.00 e. The van der Waals surface area contributed by atoms with Gasteiger partial charge in [-0.15, -0.1) is 0 Å². The fraction of sp³-hybridized carbons (Fsp3) is 0. The molecule has 12 N–H and O–H groups in total. The van der Waals surface area contributed by atoms with Gasteiger partial charge in [-0.05, 0) is 0 Å². The first-order valence-corrected chi connectivity index (χ1v) is 15.9. The third kappa shape index (κ3) is 7390.